The van der Waals surface area contributed by atoms with E-state index in [2.05, 4.69) is 10.1 Å². The van der Waals surface area contributed by atoms with Crippen LogP contribution in [0, 0.1) is 5.82 Å². The van der Waals surface area contributed by atoms with Crippen molar-refractivity contribution in [2.24, 2.45) is 12.8 Å². The Hall–Kier alpha value is -1.75. The van der Waals surface area contributed by atoms with Gasteiger partial charge >= 0.3 is 0 Å². The molecular formula is C12H15FN4. The number of halogens is 1. The highest BCUT2D eigenvalue weighted by Crippen LogP contribution is 2.17. The third-order valence-corrected chi connectivity index (χ3v) is 2.41. The van der Waals surface area contributed by atoms with Crippen molar-refractivity contribution in [1.82, 2.24) is 14.8 Å². The molecule has 0 aliphatic carbocycles. The van der Waals surface area contributed by atoms with Gasteiger partial charge in [0.1, 0.15) is 5.82 Å². The lowest BCUT2D eigenvalue weighted by Gasteiger charge is -1.99. The van der Waals surface area contributed by atoms with Crippen molar-refractivity contribution in [2.45, 2.75) is 19.4 Å². The van der Waals surface area contributed by atoms with Gasteiger partial charge in [0.2, 0.25) is 0 Å². The van der Waals surface area contributed by atoms with Crippen LogP contribution in [-0.2, 0) is 13.5 Å². The molecule has 0 saturated carbocycles. The Morgan fingerprint density at radius 3 is 2.59 bits per heavy atom. The van der Waals surface area contributed by atoms with E-state index in [4.69, 9.17) is 5.73 Å². The van der Waals surface area contributed by atoms with Gasteiger partial charge in [-0.15, -0.1) is 0 Å². The lowest BCUT2D eigenvalue weighted by Crippen LogP contribution is -2.18. The van der Waals surface area contributed by atoms with Crippen molar-refractivity contribution < 1.29 is 4.39 Å². The van der Waals surface area contributed by atoms with E-state index in [1.807, 2.05) is 14.0 Å². The van der Waals surface area contributed by atoms with Gasteiger partial charge in [-0.2, -0.15) is 5.10 Å². The van der Waals surface area contributed by atoms with Gasteiger partial charge in [0.15, 0.2) is 11.6 Å². The lowest BCUT2D eigenvalue weighted by atomic mass is 10.2. The molecule has 1 unspecified atom stereocenters. The van der Waals surface area contributed by atoms with E-state index >= 15 is 0 Å². The molecule has 0 fully saturated rings. The minimum absolute atomic E-state index is 0.0264. The zero-order valence-corrected chi connectivity index (χ0v) is 9.89. The van der Waals surface area contributed by atoms with Gasteiger partial charge in [-0.3, -0.25) is 0 Å². The molecule has 1 atom stereocenters. The van der Waals surface area contributed by atoms with Gasteiger partial charge in [-0.25, -0.2) is 14.1 Å². The second-order valence-electron chi connectivity index (χ2n) is 4.16. The van der Waals surface area contributed by atoms with Crippen LogP contribution in [0.1, 0.15) is 12.7 Å². The summed E-state index contributed by atoms with van der Waals surface area (Å²) in [6.07, 6.45) is 0.634. The molecule has 0 bridgehead atoms. The maximum Gasteiger partial charge on any atom is 0.158 e. The summed E-state index contributed by atoms with van der Waals surface area (Å²) in [6, 6.07) is 6.23. The molecule has 90 valence electrons. The SMILES string of the molecule is CC(N)Cc1nc(-c2ccc(F)cc2)n(C)n1. The number of benzene rings is 1. The summed E-state index contributed by atoms with van der Waals surface area (Å²) in [5.41, 5.74) is 6.55. The van der Waals surface area contributed by atoms with Crippen molar-refractivity contribution in [2.75, 3.05) is 0 Å². The van der Waals surface area contributed by atoms with E-state index in [1.165, 1.54) is 12.1 Å². The minimum atomic E-state index is -0.258. The van der Waals surface area contributed by atoms with Gasteiger partial charge in [0.05, 0.1) is 0 Å². The molecule has 0 saturated heterocycles. The molecule has 1 aromatic carbocycles. The number of hydrogen-bond acceptors (Lipinski definition) is 3. The predicted molar refractivity (Wildman–Crippen MR) is 63.8 cm³/mol. The van der Waals surface area contributed by atoms with Crippen LogP contribution in [-0.4, -0.2) is 20.8 Å². The molecular weight excluding hydrogens is 219 g/mol. The number of hydrogen-bond donors (Lipinski definition) is 1. The fourth-order valence-electron chi connectivity index (χ4n) is 1.66. The van der Waals surface area contributed by atoms with Crippen LogP contribution in [0.2, 0.25) is 0 Å². The van der Waals surface area contributed by atoms with Crippen molar-refractivity contribution in [3.05, 3.63) is 35.9 Å². The molecule has 5 heteroatoms. The first-order valence-electron chi connectivity index (χ1n) is 5.47. The highest BCUT2D eigenvalue weighted by molar-refractivity contribution is 5.54. The summed E-state index contributed by atoms with van der Waals surface area (Å²) in [7, 11) is 1.82. The zero-order valence-electron chi connectivity index (χ0n) is 9.89. The predicted octanol–water partition coefficient (Wildman–Crippen LogP) is 1.51. The number of aromatic nitrogens is 3. The second kappa shape index (κ2) is 4.63. The van der Waals surface area contributed by atoms with Gasteiger partial charge in [0.25, 0.3) is 0 Å². The number of aryl methyl sites for hydroxylation is 1. The van der Waals surface area contributed by atoms with Gasteiger partial charge in [-0.05, 0) is 31.2 Å². The number of rotatable bonds is 3. The smallest absolute Gasteiger partial charge is 0.158 e. The Labute approximate surface area is 99.3 Å². The quantitative estimate of drug-likeness (QED) is 0.875. The molecule has 2 rings (SSSR count). The van der Waals surface area contributed by atoms with Crippen molar-refractivity contribution in [1.29, 1.82) is 0 Å². The maximum atomic E-state index is 12.8. The first kappa shape index (κ1) is 11.7. The average molecular weight is 234 g/mol. The van der Waals surface area contributed by atoms with Crippen LogP contribution in [0.15, 0.2) is 24.3 Å². The van der Waals surface area contributed by atoms with E-state index in [0.717, 1.165) is 11.4 Å². The molecule has 0 amide bonds. The Morgan fingerprint density at radius 2 is 2.00 bits per heavy atom. The van der Waals surface area contributed by atoms with Crippen LogP contribution < -0.4 is 5.73 Å². The van der Waals surface area contributed by atoms with Crippen molar-refractivity contribution in [3.63, 3.8) is 0 Å². The normalized spacial score (nSPS) is 12.7. The molecule has 0 aliphatic rings. The van der Waals surface area contributed by atoms with Crippen LogP contribution in [0.25, 0.3) is 11.4 Å². The number of nitrogens with zero attached hydrogens (tertiary/aromatic N) is 3. The molecule has 4 nitrogen and oxygen atoms in total. The minimum Gasteiger partial charge on any atom is -0.328 e. The standard InChI is InChI=1S/C12H15FN4/c1-8(14)7-11-15-12(17(2)16-11)9-3-5-10(13)6-4-9/h3-6,8H,7,14H2,1-2H3. The molecule has 2 N–H and O–H groups in total. The fourth-order valence-corrected chi connectivity index (χ4v) is 1.66. The molecule has 0 aliphatic heterocycles. The molecule has 1 aromatic heterocycles. The molecule has 17 heavy (non-hydrogen) atoms. The average Bonchev–Trinajstić information content (AvgIpc) is 2.59. The third kappa shape index (κ3) is 2.68. The summed E-state index contributed by atoms with van der Waals surface area (Å²) in [6.45, 7) is 1.91. The highest BCUT2D eigenvalue weighted by atomic mass is 19.1. The first-order valence-corrected chi connectivity index (χ1v) is 5.47. The Balaban J connectivity index is 2.32. The second-order valence-corrected chi connectivity index (χ2v) is 4.16. The number of nitrogens with two attached hydrogens (primary N) is 1. The zero-order chi connectivity index (χ0) is 12.4. The molecule has 2 aromatic rings. The maximum absolute atomic E-state index is 12.8. The van der Waals surface area contributed by atoms with Crippen molar-refractivity contribution >= 4 is 0 Å². The van der Waals surface area contributed by atoms with Crippen molar-refractivity contribution in [3.8, 4) is 11.4 Å². The topological polar surface area (TPSA) is 56.7 Å². The summed E-state index contributed by atoms with van der Waals surface area (Å²) < 4.78 is 14.5. The van der Waals surface area contributed by atoms with Crippen LogP contribution >= 0.6 is 0 Å². The molecule has 0 spiro atoms. The Morgan fingerprint density at radius 1 is 1.35 bits per heavy atom. The van der Waals surface area contributed by atoms with E-state index in [1.54, 1.807) is 16.8 Å². The molecule has 0 radical (unpaired) electrons. The molecule has 1 heterocycles. The van der Waals surface area contributed by atoms with E-state index in [-0.39, 0.29) is 11.9 Å². The Kier molecular flexibility index (Phi) is 3.19. The monoisotopic (exact) mass is 234 g/mol. The van der Waals surface area contributed by atoms with Gasteiger partial charge in [0, 0.05) is 25.1 Å². The van der Waals surface area contributed by atoms with Crippen LogP contribution in [0.3, 0.4) is 0 Å². The first-order chi connectivity index (χ1) is 8.06. The summed E-state index contributed by atoms with van der Waals surface area (Å²) in [5.74, 6) is 1.18. The summed E-state index contributed by atoms with van der Waals surface area (Å²) in [5, 5.41) is 4.28. The Bertz CT molecular complexity index is 502. The highest BCUT2D eigenvalue weighted by Gasteiger charge is 2.10. The van der Waals surface area contributed by atoms with Gasteiger partial charge < -0.3 is 5.73 Å². The fraction of sp³-hybridized carbons (Fsp3) is 0.333. The van der Waals surface area contributed by atoms with E-state index in [0.29, 0.717) is 12.2 Å². The van der Waals surface area contributed by atoms with Crippen LogP contribution in [0.4, 0.5) is 4.39 Å². The van der Waals surface area contributed by atoms with E-state index in [9.17, 15) is 4.39 Å². The third-order valence-electron chi connectivity index (χ3n) is 2.41. The summed E-state index contributed by atoms with van der Waals surface area (Å²) in [4.78, 5) is 4.40. The van der Waals surface area contributed by atoms with E-state index < -0.39 is 0 Å². The summed E-state index contributed by atoms with van der Waals surface area (Å²) >= 11 is 0. The van der Waals surface area contributed by atoms with Crippen LogP contribution in [0.5, 0.6) is 0 Å². The largest absolute Gasteiger partial charge is 0.328 e. The van der Waals surface area contributed by atoms with Gasteiger partial charge in [-0.1, -0.05) is 0 Å². The lowest BCUT2D eigenvalue weighted by molar-refractivity contribution is 0.628.